The van der Waals surface area contributed by atoms with Gasteiger partial charge in [0.15, 0.2) is 11.5 Å². The summed E-state index contributed by atoms with van der Waals surface area (Å²) in [6, 6.07) is 13.9. The average Bonchev–Trinajstić information content (AvgIpc) is 2.80. The predicted molar refractivity (Wildman–Crippen MR) is 112 cm³/mol. The van der Waals surface area contributed by atoms with Gasteiger partial charge in [-0.2, -0.15) is 0 Å². The van der Waals surface area contributed by atoms with Crippen LogP contribution in [0.25, 0.3) is 11.1 Å². The molecule has 0 bridgehead atoms. The van der Waals surface area contributed by atoms with E-state index in [1.165, 1.54) is 0 Å². The first kappa shape index (κ1) is 19.2. The van der Waals surface area contributed by atoms with Gasteiger partial charge in [0.25, 0.3) is 0 Å². The van der Waals surface area contributed by atoms with Gasteiger partial charge < -0.3 is 24.8 Å². The molecule has 0 amide bonds. The molecule has 0 aliphatic carbocycles. The van der Waals surface area contributed by atoms with E-state index in [9.17, 15) is 0 Å². The highest BCUT2D eigenvalue weighted by molar-refractivity contribution is 5.66. The van der Waals surface area contributed by atoms with Gasteiger partial charge in [-0.1, -0.05) is 18.2 Å². The standard InChI is InChI=1S/C22H24N4O3/c1-27-19-8-5-16(11-20(19)28-2)17-12-24-22(25-13-17)26-18-6-3-15(4-7-18)21-14-23-9-10-29-21/h3-8,11-13,21,23H,9-10,14H2,1-2H3,(H,24,25,26)/t21-/m1/s1. The Hall–Kier alpha value is -3.16. The molecule has 1 fully saturated rings. The maximum absolute atomic E-state index is 5.78. The Kier molecular flexibility index (Phi) is 5.88. The first-order chi connectivity index (χ1) is 14.3. The molecule has 2 N–H and O–H groups in total. The van der Waals surface area contributed by atoms with Crippen LogP contribution in [0.2, 0.25) is 0 Å². The number of rotatable bonds is 6. The van der Waals surface area contributed by atoms with Crippen LogP contribution in [-0.2, 0) is 4.74 Å². The molecule has 4 rings (SSSR count). The van der Waals surface area contributed by atoms with E-state index in [4.69, 9.17) is 14.2 Å². The summed E-state index contributed by atoms with van der Waals surface area (Å²) < 4.78 is 16.4. The number of nitrogens with one attached hydrogen (secondary N) is 2. The molecule has 3 aromatic rings. The largest absolute Gasteiger partial charge is 0.493 e. The van der Waals surface area contributed by atoms with Crippen LogP contribution in [0.3, 0.4) is 0 Å². The van der Waals surface area contributed by atoms with Crippen LogP contribution >= 0.6 is 0 Å². The van der Waals surface area contributed by atoms with E-state index < -0.39 is 0 Å². The molecule has 2 aromatic carbocycles. The van der Waals surface area contributed by atoms with Gasteiger partial charge in [-0.25, -0.2) is 9.97 Å². The fraction of sp³-hybridized carbons (Fsp3) is 0.273. The fourth-order valence-electron chi connectivity index (χ4n) is 3.25. The van der Waals surface area contributed by atoms with Crippen molar-refractivity contribution in [2.75, 3.05) is 39.2 Å². The van der Waals surface area contributed by atoms with E-state index in [0.29, 0.717) is 17.4 Å². The second kappa shape index (κ2) is 8.89. The molecular weight excluding hydrogens is 368 g/mol. The lowest BCUT2D eigenvalue weighted by atomic mass is 10.1. The molecule has 150 valence electrons. The SMILES string of the molecule is COc1ccc(-c2cnc(Nc3ccc([C@H]4CNCCO4)cc3)nc2)cc1OC. The summed E-state index contributed by atoms with van der Waals surface area (Å²) in [5, 5.41) is 6.57. The van der Waals surface area contributed by atoms with E-state index in [1.54, 1.807) is 26.6 Å². The average molecular weight is 392 g/mol. The quantitative estimate of drug-likeness (QED) is 0.664. The van der Waals surface area contributed by atoms with Crippen LogP contribution in [-0.4, -0.2) is 43.9 Å². The van der Waals surface area contributed by atoms with Crippen molar-refractivity contribution in [2.45, 2.75) is 6.10 Å². The Morgan fingerprint density at radius 3 is 2.38 bits per heavy atom. The number of hydrogen-bond donors (Lipinski definition) is 2. The second-order valence-electron chi connectivity index (χ2n) is 6.68. The minimum Gasteiger partial charge on any atom is -0.493 e. The van der Waals surface area contributed by atoms with Gasteiger partial charge in [-0.15, -0.1) is 0 Å². The summed E-state index contributed by atoms with van der Waals surface area (Å²) in [4.78, 5) is 8.86. The minimum atomic E-state index is 0.106. The normalized spacial score (nSPS) is 16.3. The molecule has 29 heavy (non-hydrogen) atoms. The third-order valence-corrected chi connectivity index (χ3v) is 4.83. The number of morpholine rings is 1. The van der Waals surface area contributed by atoms with Crippen LogP contribution in [0.5, 0.6) is 11.5 Å². The zero-order valence-corrected chi connectivity index (χ0v) is 16.5. The molecule has 1 saturated heterocycles. The van der Waals surface area contributed by atoms with Gasteiger partial charge >= 0.3 is 0 Å². The number of ether oxygens (including phenoxy) is 3. The molecule has 0 saturated carbocycles. The zero-order valence-electron chi connectivity index (χ0n) is 16.5. The van der Waals surface area contributed by atoms with E-state index in [0.717, 1.165) is 42.1 Å². The first-order valence-corrected chi connectivity index (χ1v) is 9.50. The van der Waals surface area contributed by atoms with Crippen LogP contribution in [0.4, 0.5) is 11.6 Å². The van der Waals surface area contributed by atoms with Crippen molar-refractivity contribution in [3.8, 4) is 22.6 Å². The Labute approximate surface area is 170 Å². The second-order valence-corrected chi connectivity index (χ2v) is 6.68. The molecule has 0 unspecified atom stereocenters. The number of methoxy groups -OCH3 is 2. The van der Waals surface area contributed by atoms with Gasteiger partial charge in [0.05, 0.1) is 26.9 Å². The van der Waals surface area contributed by atoms with Crippen LogP contribution in [0, 0.1) is 0 Å². The van der Waals surface area contributed by atoms with E-state index in [2.05, 4.69) is 32.7 Å². The van der Waals surface area contributed by atoms with Crippen molar-refractivity contribution < 1.29 is 14.2 Å². The highest BCUT2D eigenvalue weighted by Gasteiger charge is 2.15. The highest BCUT2D eigenvalue weighted by Crippen LogP contribution is 2.32. The van der Waals surface area contributed by atoms with Crippen LogP contribution < -0.4 is 20.1 Å². The number of aromatic nitrogens is 2. The first-order valence-electron chi connectivity index (χ1n) is 9.50. The molecular formula is C22H24N4O3. The molecule has 1 aromatic heterocycles. The van der Waals surface area contributed by atoms with Crippen molar-refractivity contribution >= 4 is 11.6 Å². The summed E-state index contributed by atoms with van der Waals surface area (Å²) >= 11 is 0. The number of nitrogens with zero attached hydrogens (tertiary/aromatic N) is 2. The lowest BCUT2D eigenvalue weighted by Gasteiger charge is -2.24. The zero-order chi connectivity index (χ0) is 20.1. The number of anilines is 2. The van der Waals surface area contributed by atoms with Crippen molar-refractivity contribution in [1.29, 1.82) is 0 Å². The Bertz CT molecular complexity index is 939. The lowest BCUT2D eigenvalue weighted by molar-refractivity contribution is 0.0277. The van der Waals surface area contributed by atoms with Gasteiger partial charge in [0.1, 0.15) is 0 Å². The summed E-state index contributed by atoms with van der Waals surface area (Å²) in [5.41, 5.74) is 3.94. The maximum Gasteiger partial charge on any atom is 0.227 e. The highest BCUT2D eigenvalue weighted by atomic mass is 16.5. The fourth-order valence-corrected chi connectivity index (χ4v) is 3.25. The van der Waals surface area contributed by atoms with Crippen molar-refractivity contribution in [3.63, 3.8) is 0 Å². The maximum atomic E-state index is 5.78. The number of benzene rings is 2. The van der Waals surface area contributed by atoms with Crippen molar-refractivity contribution in [1.82, 2.24) is 15.3 Å². The van der Waals surface area contributed by atoms with Crippen molar-refractivity contribution in [3.05, 3.63) is 60.4 Å². The Morgan fingerprint density at radius 1 is 0.966 bits per heavy atom. The van der Waals surface area contributed by atoms with Gasteiger partial charge in [0.2, 0.25) is 5.95 Å². The number of hydrogen-bond acceptors (Lipinski definition) is 7. The Morgan fingerprint density at radius 2 is 1.72 bits per heavy atom. The van der Waals surface area contributed by atoms with Crippen molar-refractivity contribution in [2.24, 2.45) is 0 Å². The molecule has 1 aliphatic rings. The summed E-state index contributed by atoms with van der Waals surface area (Å²) in [6.07, 6.45) is 3.67. The lowest BCUT2D eigenvalue weighted by Crippen LogP contribution is -2.33. The van der Waals surface area contributed by atoms with Gasteiger partial charge in [0, 0.05) is 36.7 Å². The smallest absolute Gasteiger partial charge is 0.227 e. The Balaban J connectivity index is 1.44. The van der Waals surface area contributed by atoms with Gasteiger partial charge in [-0.3, -0.25) is 0 Å². The molecule has 0 spiro atoms. The monoisotopic (exact) mass is 392 g/mol. The van der Waals surface area contributed by atoms with Gasteiger partial charge in [-0.05, 0) is 35.4 Å². The van der Waals surface area contributed by atoms with E-state index >= 15 is 0 Å². The van der Waals surface area contributed by atoms with Crippen LogP contribution in [0.1, 0.15) is 11.7 Å². The predicted octanol–water partition coefficient (Wildman–Crippen LogP) is 3.57. The third-order valence-electron chi connectivity index (χ3n) is 4.83. The molecule has 7 nitrogen and oxygen atoms in total. The molecule has 1 atom stereocenters. The summed E-state index contributed by atoms with van der Waals surface area (Å²) in [7, 11) is 3.24. The van der Waals surface area contributed by atoms with E-state index in [-0.39, 0.29) is 6.10 Å². The molecule has 0 radical (unpaired) electrons. The topological polar surface area (TPSA) is 77.5 Å². The van der Waals surface area contributed by atoms with Crippen LogP contribution in [0.15, 0.2) is 54.9 Å². The molecule has 7 heteroatoms. The third kappa shape index (κ3) is 4.47. The summed E-state index contributed by atoms with van der Waals surface area (Å²) in [5.74, 6) is 1.90. The molecule has 2 heterocycles. The molecule has 1 aliphatic heterocycles. The minimum absolute atomic E-state index is 0.106. The summed E-state index contributed by atoms with van der Waals surface area (Å²) in [6.45, 7) is 2.49. The van der Waals surface area contributed by atoms with E-state index in [1.807, 2.05) is 30.3 Å².